The van der Waals surface area contributed by atoms with Gasteiger partial charge in [-0.05, 0) is 61.4 Å². The van der Waals surface area contributed by atoms with Crippen molar-refractivity contribution in [2.45, 2.75) is 12.8 Å². The summed E-state index contributed by atoms with van der Waals surface area (Å²) in [5.74, 6) is 0. The number of aromatic amines is 1. The lowest BCUT2D eigenvalue weighted by Gasteiger charge is -1.88. The zero-order valence-electron chi connectivity index (χ0n) is 15.6. The van der Waals surface area contributed by atoms with Gasteiger partial charge in [-0.3, -0.25) is 4.98 Å². The van der Waals surface area contributed by atoms with Gasteiger partial charge in [0.2, 0.25) is 0 Å². The maximum atomic E-state index is 5.95. The molecule has 4 aromatic heterocycles. The van der Waals surface area contributed by atoms with Gasteiger partial charge >= 0.3 is 0 Å². The highest BCUT2D eigenvalue weighted by Crippen LogP contribution is 2.21. The smallest absolute Gasteiger partial charge is 0.129 e. The molecule has 0 radical (unpaired) electrons. The van der Waals surface area contributed by atoms with Crippen LogP contribution in [0.4, 0.5) is 0 Å². The summed E-state index contributed by atoms with van der Waals surface area (Å²) in [4.78, 5) is 12.8. The Morgan fingerprint density at radius 1 is 0.655 bits per heavy atom. The number of aryl methyl sites for hydroxylation is 2. The average molecular weight is 379 g/mol. The van der Waals surface area contributed by atoms with E-state index in [0.29, 0.717) is 0 Å². The van der Waals surface area contributed by atoms with Crippen molar-refractivity contribution in [1.82, 2.24) is 15.0 Å². The van der Waals surface area contributed by atoms with Crippen LogP contribution >= 0.6 is 0 Å². The van der Waals surface area contributed by atoms with Crippen LogP contribution < -0.4 is 0 Å². The summed E-state index contributed by atoms with van der Waals surface area (Å²) >= 11 is 0. The van der Waals surface area contributed by atoms with Crippen molar-refractivity contribution in [1.29, 1.82) is 0 Å². The average Bonchev–Trinajstić information content (AvgIpc) is 3.50. The molecule has 0 aromatic carbocycles. The molecule has 0 unspecified atom stereocenters. The number of nitrogens with one attached hydrogen (secondary N) is 1. The molecule has 29 heavy (non-hydrogen) atoms. The van der Waals surface area contributed by atoms with Crippen LogP contribution in [-0.4, -0.2) is 15.0 Å². The van der Waals surface area contributed by atoms with Gasteiger partial charge < -0.3 is 13.8 Å². The second-order valence-electron chi connectivity index (χ2n) is 7.23. The lowest BCUT2D eigenvalue weighted by atomic mass is 10.2. The van der Waals surface area contributed by atoms with Crippen molar-refractivity contribution in [3.8, 4) is 0 Å². The molecule has 0 aliphatic carbocycles. The molecular weight excluding hydrogens is 362 g/mol. The molecule has 140 valence electrons. The van der Waals surface area contributed by atoms with Crippen LogP contribution in [0.5, 0.6) is 0 Å². The van der Waals surface area contributed by atoms with Crippen molar-refractivity contribution in [2.75, 3.05) is 0 Å². The molecule has 2 aliphatic rings. The van der Waals surface area contributed by atoms with Gasteiger partial charge in [0.15, 0.2) is 0 Å². The van der Waals surface area contributed by atoms with E-state index in [2.05, 4.69) is 4.98 Å². The van der Waals surface area contributed by atoms with Gasteiger partial charge in [-0.2, -0.15) is 0 Å². The molecule has 1 N–H and O–H groups in total. The van der Waals surface area contributed by atoms with Crippen molar-refractivity contribution < 1.29 is 8.83 Å². The summed E-state index contributed by atoms with van der Waals surface area (Å²) in [6.07, 6.45) is 5.78. The predicted octanol–water partition coefficient (Wildman–Crippen LogP) is 5.84. The lowest BCUT2D eigenvalue weighted by Crippen LogP contribution is -1.85. The van der Waals surface area contributed by atoms with E-state index in [1.165, 1.54) is 0 Å². The Morgan fingerprint density at radius 3 is 2.03 bits per heavy atom. The third kappa shape index (κ3) is 3.17. The number of hydrogen-bond acceptors (Lipinski definition) is 4. The highest BCUT2D eigenvalue weighted by atomic mass is 16.3. The third-order valence-corrected chi connectivity index (χ3v) is 5.07. The Labute approximate surface area is 166 Å². The first-order valence-electron chi connectivity index (χ1n) is 9.62. The molecule has 0 spiro atoms. The zero-order chi connectivity index (χ0) is 19.2. The van der Waals surface area contributed by atoms with Gasteiger partial charge in [-0.15, -0.1) is 0 Å². The number of fused-ring (bicyclic) bond motifs is 11. The van der Waals surface area contributed by atoms with Crippen LogP contribution in [0.1, 0.15) is 22.8 Å². The van der Waals surface area contributed by atoms with Crippen LogP contribution in [-0.2, 0) is 12.8 Å². The topological polar surface area (TPSA) is 67.8 Å². The third-order valence-electron chi connectivity index (χ3n) is 5.07. The van der Waals surface area contributed by atoms with E-state index in [1.54, 1.807) is 0 Å². The molecule has 6 rings (SSSR count). The Morgan fingerprint density at radius 2 is 1.31 bits per heavy atom. The standard InChI is InChI=1S/C24H17N3O2/c1-2-16-12-20-6-8-22(29-20)14-18-4-10-24(27-18)23-9-3-17(26-23)13-21-7-5-19(28-21)11-15(1)25-16/h1-3,5-9,11-14,25H,4,10H2. The van der Waals surface area contributed by atoms with E-state index in [1.807, 2.05) is 72.8 Å². The number of aromatic nitrogens is 3. The summed E-state index contributed by atoms with van der Waals surface area (Å²) < 4.78 is 11.9. The van der Waals surface area contributed by atoms with Crippen LogP contribution in [0.25, 0.3) is 45.5 Å². The SMILES string of the molecule is C1=Cc2nc1cc1ccc(cc3ccc(cc4ccc(cc5nc2CC5)o4)[nH]3)o1. The van der Waals surface area contributed by atoms with E-state index in [-0.39, 0.29) is 0 Å². The van der Waals surface area contributed by atoms with Crippen LogP contribution in [0.3, 0.4) is 0 Å². The predicted molar refractivity (Wildman–Crippen MR) is 114 cm³/mol. The number of rotatable bonds is 0. The monoisotopic (exact) mass is 379 g/mol. The normalized spacial score (nSPS) is 13.1. The Bertz CT molecular complexity index is 1470. The number of nitrogens with zero attached hydrogens (tertiary/aromatic N) is 2. The fourth-order valence-electron chi connectivity index (χ4n) is 3.70. The minimum absolute atomic E-state index is 0.772. The molecular formula is C24H17N3O2. The lowest BCUT2D eigenvalue weighted by molar-refractivity contribution is 0.665. The largest absolute Gasteiger partial charge is 0.457 e. The Kier molecular flexibility index (Phi) is 3.53. The quantitative estimate of drug-likeness (QED) is 0.367. The summed E-state index contributed by atoms with van der Waals surface area (Å²) in [5.41, 5.74) is 8.90. The summed E-state index contributed by atoms with van der Waals surface area (Å²) in [7, 11) is 0. The number of hydrogen-bond donors (Lipinski definition) is 1. The van der Waals surface area contributed by atoms with Gasteiger partial charge in [0.05, 0.1) is 17.1 Å². The molecule has 6 heterocycles. The number of H-pyrrole nitrogens is 1. The molecule has 5 heteroatoms. The first kappa shape index (κ1) is 16.1. The molecule has 0 saturated carbocycles. The minimum atomic E-state index is 0.772. The van der Waals surface area contributed by atoms with Crippen molar-refractivity contribution >= 4 is 45.5 Å². The van der Waals surface area contributed by atoms with E-state index in [0.717, 1.165) is 69.0 Å². The highest BCUT2D eigenvalue weighted by molar-refractivity contribution is 5.74. The fourth-order valence-corrected chi connectivity index (χ4v) is 3.70. The van der Waals surface area contributed by atoms with Crippen molar-refractivity contribution in [3.05, 3.63) is 83.4 Å². The molecule has 0 saturated heterocycles. The van der Waals surface area contributed by atoms with Crippen LogP contribution in [0.15, 0.2) is 69.5 Å². The van der Waals surface area contributed by atoms with Gasteiger partial charge in [-0.25, -0.2) is 4.98 Å². The molecule has 10 bridgehead atoms. The second-order valence-corrected chi connectivity index (χ2v) is 7.23. The maximum absolute atomic E-state index is 5.95. The van der Waals surface area contributed by atoms with Crippen LogP contribution in [0, 0.1) is 0 Å². The summed E-state index contributed by atoms with van der Waals surface area (Å²) in [5, 5.41) is 0. The first-order chi connectivity index (χ1) is 14.3. The van der Waals surface area contributed by atoms with E-state index in [9.17, 15) is 0 Å². The van der Waals surface area contributed by atoms with E-state index >= 15 is 0 Å². The molecule has 5 nitrogen and oxygen atoms in total. The van der Waals surface area contributed by atoms with Gasteiger partial charge in [-0.1, -0.05) is 0 Å². The van der Waals surface area contributed by atoms with Gasteiger partial charge in [0, 0.05) is 41.0 Å². The van der Waals surface area contributed by atoms with Gasteiger partial charge in [0.25, 0.3) is 0 Å². The highest BCUT2D eigenvalue weighted by Gasteiger charge is 2.12. The maximum Gasteiger partial charge on any atom is 0.129 e. The van der Waals surface area contributed by atoms with Crippen molar-refractivity contribution in [3.63, 3.8) is 0 Å². The van der Waals surface area contributed by atoms with Crippen molar-refractivity contribution in [2.24, 2.45) is 0 Å². The van der Waals surface area contributed by atoms with E-state index < -0.39 is 0 Å². The molecule has 4 aromatic rings. The second kappa shape index (κ2) is 6.34. The fraction of sp³-hybridized carbons (Fsp3) is 0.0833. The molecule has 0 atom stereocenters. The molecule has 0 amide bonds. The van der Waals surface area contributed by atoms with Gasteiger partial charge in [0.1, 0.15) is 22.3 Å². The van der Waals surface area contributed by atoms with Crippen LogP contribution in [0.2, 0.25) is 0 Å². The Balaban J connectivity index is 1.65. The minimum Gasteiger partial charge on any atom is -0.457 e. The first-order valence-corrected chi connectivity index (χ1v) is 9.62. The molecule has 2 aliphatic heterocycles. The zero-order valence-corrected chi connectivity index (χ0v) is 15.6. The summed E-state index contributed by atoms with van der Waals surface area (Å²) in [6.45, 7) is 0. The molecule has 0 fully saturated rings. The Hall–Kier alpha value is -3.86. The number of furan rings is 2. The summed E-state index contributed by atoms with van der Waals surface area (Å²) in [6, 6.07) is 19.8. The van der Waals surface area contributed by atoms with E-state index in [4.69, 9.17) is 18.8 Å².